The molecule has 0 unspecified atom stereocenters. The van der Waals surface area contributed by atoms with Gasteiger partial charge in [-0.05, 0) is 30.3 Å². The first-order chi connectivity index (χ1) is 13.2. The Kier molecular flexibility index (Phi) is 4.63. The van der Waals surface area contributed by atoms with Gasteiger partial charge < -0.3 is 10.6 Å². The van der Waals surface area contributed by atoms with Gasteiger partial charge in [0.25, 0.3) is 5.91 Å². The number of fused-ring (bicyclic) bond motifs is 1. The first-order valence-electron chi connectivity index (χ1n) is 8.20. The van der Waals surface area contributed by atoms with Crippen LogP contribution in [0.1, 0.15) is 10.5 Å². The summed E-state index contributed by atoms with van der Waals surface area (Å²) in [7, 11) is 0. The number of anilines is 3. The molecule has 2 aromatic heterocycles. The molecule has 7 heteroatoms. The van der Waals surface area contributed by atoms with Crippen LogP contribution in [-0.4, -0.2) is 20.9 Å². The Morgan fingerprint density at radius 3 is 2.56 bits per heavy atom. The highest BCUT2D eigenvalue weighted by Crippen LogP contribution is 2.24. The van der Waals surface area contributed by atoms with Gasteiger partial charge in [-0.1, -0.05) is 41.9 Å². The number of hydrogen-bond acceptors (Lipinski definition) is 5. The van der Waals surface area contributed by atoms with Crippen molar-refractivity contribution in [3.8, 4) is 0 Å². The minimum atomic E-state index is -0.349. The van der Waals surface area contributed by atoms with Crippen molar-refractivity contribution in [2.75, 3.05) is 10.6 Å². The summed E-state index contributed by atoms with van der Waals surface area (Å²) in [6.45, 7) is 0. The molecule has 6 nitrogen and oxygen atoms in total. The second-order valence-electron chi connectivity index (χ2n) is 5.71. The maximum atomic E-state index is 12.6. The molecular weight excluding hydrogens is 362 g/mol. The number of pyridine rings is 1. The molecule has 0 bridgehead atoms. The van der Waals surface area contributed by atoms with Crippen LogP contribution in [0.3, 0.4) is 0 Å². The number of nitrogens with one attached hydrogen (secondary N) is 2. The van der Waals surface area contributed by atoms with Gasteiger partial charge in [0, 0.05) is 17.8 Å². The fraction of sp³-hybridized carbons (Fsp3) is 0. The molecule has 0 aliphatic carbocycles. The zero-order chi connectivity index (χ0) is 18.6. The maximum absolute atomic E-state index is 12.6. The van der Waals surface area contributed by atoms with Crippen LogP contribution < -0.4 is 10.6 Å². The van der Waals surface area contributed by atoms with Crippen molar-refractivity contribution < 1.29 is 4.79 Å². The third-order valence-corrected chi connectivity index (χ3v) is 4.22. The summed E-state index contributed by atoms with van der Waals surface area (Å²) in [5.74, 6) is -0.0652. The Labute approximate surface area is 160 Å². The van der Waals surface area contributed by atoms with E-state index in [9.17, 15) is 4.79 Å². The van der Waals surface area contributed by atoms with Crippen LogP contribution in [0.4, 0.5) is 17.3 Å². The highest BCUT2D eigenvalue weighted by atomic mass is 35.5. The number of nitrogens with zero attached hydrogens (tertiary/aromatic N) is 3. The summed E-state index contributed by atoms with van der Waals surface area (Å²) < 4.78 is 0. The van der Waals surface area contributed by atoms with E-state index in [1.165, 1.54) is 6.20 Å². The number of carbonyl (C=O) groups is 1. The third-order valence-electron chi connectivity index (χ3n) is 3.89. The predicted molar refractivity (Wildman–Crippen MR) is 106 cm³/mol. The van der Waals surface area contributed by atoms with Crippen molar-refractivity contribution in [1.82, 2.24) is 15.0 Å². The summed E-state index contributed by atoms with van der Waals surface area (Å²) in [5, 5.41) is 7.36. The van der Waals surface area contributed by atoms with Crippen LogP contribution in [0.2, 0.25) is 5.02 Å². The molecule has 2 aromatic carbocycles. The number of halogens is 1. The highest BCUT2D eigenvalue weighted by Gasteiger charge is 2.12. The van der Waals surface area contributed by atoms with Crippen molar-refractivity contribution in [2.24, 2.45) is 0 Å². The van der Waals surface area contributed by atoms with Crippen molar-refractivity contribution >= 4 is 45.7 Å². The van der Waals surface area contributed by atoms with E-state index in [2.05, 4.69) is 25.6 Å². The van der Waals surface area contributed by atoms with Gasteiger partial charge in [-0.15, -0.1) is 0 Å². The summed E-state index contributed by atoms with van der Waals surface area (Å²) in [6, 6.07) is 18.2. The summed E-state index contributed by atoms with van der Waals surface area (Å²) in [5.41, 5.74) is 2.23. The first-order valence-corrected chi connectivity index (χ1v) is 8.58. The van der Waals surface area contributed by atoms with E-state index in [-0.39, 0.29) is 17.5 Å². The van der Waals surface area contributed by atoms with Crippen LogP contribution in [0.15, 0.2) is 73.1 Å². The molecule has 27 heavy (non-hydrogen) atoms. The van der Waals surface area contributed by atoms with Crippen LogP contribution >= 0.6 is 11.6 Å². The van der Waals surface area contributed by atoms with Crippen LogP contribution in [0, 0.1) is 0 Å². The lowest BCUT2D eigenvalue weighted by atomic mass is 10.2. The average Bonchev–Trinajstić information content (AvgIpc) is 2.70. The number of carbonyl (C=O) groups excluding carboxylic acids is 1. The molecule has 0 spiro atoms. The molecule has 4 rings (SSSR count). The second kappa shape index (κ2) is 7.39. The molecule has 2 heterocycles. The number of benzene rings is 2. The number of amides is 1. The van der Waals surface area contributed by atoms with E-state index in [0.717, 1.165) is 10.9 Å². The first kappa shape index (κ1) is 16.9. The fourth-order valence-corrected chi connectivity index (χ4v) is 2.80. The summed E-state index contributed by atoms with van der Waals surface area (Å²) >= 11 is 6.13. The second-order valence-corrected chi connectivity index (χ2v) is 6.11. The van der Waals surface area contributed by atoms with Gasteiger partial charge in [0.2, 0.25) is 5.95 Å². The Hall–Kier alpha value is -3.51. The van der Waals surface area contributed by atoms with Crippen LogP contribution in [-0.2, 0) is 0 Å². The molecule has 0 atom stereocenters. The van der Waals surface area contributed by atoms with Gasteiger partial charge >= 0.3 is 0 Å². The molecule has 0 aliphatic heterocycles. The number of aromatic nitrogens is 3. The van der Waals surface area contributed by atoms with Gasteiger partial charge in [-0.2, -0.15) is 0 Å². The Morgan fingerprint density at radius 1 is 0.852 bits per heavy atom. The highest BCUT2D eigenvalue weighted by molar-refractivity contribution is 6.33. The van der Waals surface area contributed by atoms with Crippen molar-refractivity contribution in [3.63, 3.8) is 0 Å². The Morgan fingerprint density at radius 2 is 1.67 bits per heavy atom. The van der Waals surface area contributed by atoms with Crippen LogP contribution in [0.25, 0.3) is 10.9 Å². The van der Waals surface area contributed by atoms with Crippen molar-refractivity contribution in [2.45, 2.75) is 0 Å². The molecule has 0 saturated carbocycles. The van der Waals surface area contributed by atoms with Crippen molar-refractivity contribution in [3.05, 3.63) is 83.8 Å². The van der Waals surface area contributed by atoms with E-state index in [0.29, 0.717) is 16.4 Å². The molecule has 2 N–H and O–H groups in total. The van der Waals surface area contributed by atoms with Gasteiger partial charge in [-0.3, -0.25) is 9.78 Å². The standard InChI is InChI=1S/C20H14ClN5O/c21-14-7-1-2-8-15(14)25-20-23-12-10-17(26-20)19(27)24-16-9-3-5-13-6-4-11-22-18(13)16/h1-12H,(H,24,27)(H,23,25,26). The van der Waals surface area contributed by atoms with E-state index >= 15 is 0 Å². The molecule has 4 aromatic rings. The molecule has 1 amide bonds. The number of rotatable bonds is 4. The van der Waals surface area contributed by atoms with Gasteiger partial charge in [0.15, 0.2) is 0 Å². The SMILES string of the molecule is O=C(Nc1cccc2cccnc12)c1ccnc(Nc2ccccc2Cl)n1. The summed E-state index contributed by atoms with van der Waals surface area (Å²) in [6.07, 6.45) is 3.21. The van der Waals surface area contributed by atoms with E-state index in [1.807, 2.05) is 36.4 Å². The molecular formula is C20H14ClN5O. The largest absolute Gasteiger partial charge is 0.323 e. The third kappa shape index (κ3) is 3.70. The maximum Gasteiger partial charge on any atom is 0.274 e. The normalized spacial score (nSPS) is 10.6. The van der Waals surface area contributed by atoms with Gasteiger partial charge in [0.1, 0.15) is 5.69 Å². The van der Waals surface area contributed by atoms with Gasteiger partial charge in [-0.25, -0.2) is 9.97 Å². The number of para-hydroxylation sites is 2. The minimum absolute atomic E-state index is 0.229. The lowest BCUT2D eigenvalue weighted by Gasteiger charge is -2.09. The number of hydrogen-bond donors (Lipinski definition) is 2. The predicted octanol–water partition coefficient (Wildman–Crippen LogP) is 4.67. The zero-order valence-electron chi connectivity index (χ0n) is 14.1. The summed E-state index contributed by atoms with van der Waals surface area (Å²) in [4.78, 5) is 25.4. The fourth-order valence-electron chi connectivity index (χ4n) is 2.62. The lowest BCUT2D eigenvalue weighted by Crippen LogP contribution is -2.15. The lowest BCUT2D eigenvalue weighted by molar-refractivity contribution is 0.102. The van der Waals surface area contributed by atoms with E-state index < -0.39 is 0 Å². The molecule has 0 saturated heterocycles. The molecule has 0 radical (unpaired) electrons. The van der Waals surface area contributed by atoms with Crippen LogP contribution in [0.5, 0.6) is 0 Å². The smallest absolute Gasteiger partial charge is 0.274 e. The Bertz CT molecular complexity index is 1130. The van der Waals surface area contributed by atoms with Gasteiger partial charge in [0.05, 0.1) is 21.9 Å². The van der Waals surface area contributed by atoms with Crippen molar-refractivity contribution in [1.29, 1.82) is 0 Å². The molecule has 0 fully saturated rings. The molecule has 0 aliphatic rings. The van der Waals surface area contributed by atoms with E-state index in [4.69, 9.17) is 11.6 Å². The average molecular weight is 376 g/mol. The topological polar surface area (TPSA) is 79.8 Å². The molecule has 132 valence electrons. The Balaban J connectivity index is 1.58. The van der Waals surface area contributed by atoms with E-state index in [1.54, 1.807) is 30.5 Å². The monoisotopic (exact) mass is 375 g/mol. The zero-order valence-corrected chi connectivity index (χ0v) is 14.8. The quantitative estimate of drug-likeness (QED) is 0.541. The minimum Gasteiger partial charge on any atom is -0.323 e.